The van der Waals surface area contributed by atoms with Gasteiger partial charge in [-0.05, 0) is 29.2 Å². The Labute approximate surface area is 135 Å². The van der Waals surface area contributed by atoms with E-state index in [4.69, 9.17) is 4.74 Å². The molecule has 1 unspecified atom stereocenters. The molecule has 0 spiro atoms. The molecule has 1 aliphatic heterocycles. The maximum absolute atomic E-state index is 12.4. The van der Waals surface area contributed by atoms with E-state index in [-0.39, 0.29) is 11.2 Å². The van der Waals surface area contributed by atoms with E-state index in [0.29, 0.717) is 13.2 Å². The summed E-state index contributed by atoms with van der Waals surface area (Å²) in [7, 11) is 1.68. The first kappa shape index (κ1) is 15.1. The fraction of sp³-hybridized carbons (Fsp3) is 0.278. The summed E-state index contributed by atoms with van der Waals surface area (Å²) in [6.07, 6.45) is 0.812. The zero-order valence-corrected chi connectivity index (χ0v) is 13.4. The van der Waals surface area contributed by atoms with Crippen molar-refractivity contribution in [1.82, 2.24) is 5.32 Å². The number of rotatable bonds is 5. The minimum Gasteiger partial charge on any atom is -0.380 e. The Morgan fingerprint density at radius 1 is 1.18 bits per heavy atom. The Balaban J connectivity index is 1.60. The fourth-order valence-corrected chi connectivity index (χ4v) is 3.87. The van der Waals surface area contributed by atoms with Crippen molar-refractivity contribution in [3.05, 3.63) is 65.2 Å². The Hall–Kier alpha value is -1.78. The van der Waals surface area contributed by atoms with Crippen LogP contribution in [0.5, 0.6) is 0 Å². The summed E-state index contributed by atoms with van der Waals surface area (Å²) in [6.45, 7) is 1.11. The molecule has 1 amide bonds. The molecule has 3 nitrogen and oxygen atoms in total. The number of hydrogen-bond acceptors (Lipinski definition) is 3. The third kappa shape index (κ3) is 3.34. The molecule has 114 valence electrons. The van der Waals surface area contributed by atoms with Gasteiger partial charge >= 0.3 is 0 Å². The average Bonchev–Trinajstić information content (AvgIpc) is 2.98. The molecule has 0 radical (unpaired) electrons. The van der Waals surface area contributed by atoms with Gasteiger partial charge in [0.1, 0.15) is 0 Å². The highest BCUT2D eigenvalue weighted by molar-refractivity contribution is 8.01. The number of nitrogens with one attached hydrogen (secondary N) is 1. The number of carbonyl (C=O) groups is 1. The summed E-state index contributed by atoms with van der Waals surface area (Å²) in [6, 6.07) is 16.3. The lowest BCUT2D eigenvalue weighted by Crippen LogP contribution is -2.32. The Morgan fingerprint density at radius 3 is 2.68 bits per heavy atom. The number of thioether (sulfide) groups is 1. The largest absolute Gasteiger partial charge is 0.380 e. The van der Waals surface area contributed by atoms with Crippen molar-refractivity contribution < 1.29 is 9.53 Å². The molecule has 3 rings (SSSR count). The molecule has 1 N–H and O–H groups in total. The molecular formula is C18H19NO2S. The van der Waals surface area contributed by atoms with Gasteiger partial charge in [-0.15, -0.1) is 11.8 Å². The molecule has 0 saturated heterocycles. The molecule has 2 aromatic rings. The number of hydrogen-bond donors (Lipinski definition) is 1. The van der Waals surface area contributed by atoms with Gasteiger partial charge in [0.25, 0.3) is 0 Å². The van der Waals surface area contributed by atoms with Crippen molar-refractivity contribution in [3.8, 4) is 0 Å². The van der Waals surface area contributed by atoms with Crippen LogP contribution in [0.4, 0.5) is 0 Å². The van der Waals surface area contributed by atoms with Gasteiger partial charge in [-0.2, -0.15) is 0 Å². The van der Waals surface area contributed by atoms with E-state index in [1.807, 2.05) is 36.4 Å². The number of methoxy groups -OCH3 is 1. The van der Waals surface area contributed by atoms with E-state index in [2.05, 4.69) is 17.4 Å². The van der Waals surface area contributed by atoms with Crippen LogP contribution in [-0.2, 0) is 29.1 Å². The van der Waals surface area contributed by atoms with E-state index in [1.165, 1.54) is 10.5 Å². The summed E-state index contributed by atoms with van der Waals surface area (Å²) < 4.78 is 5.20. The van der Waals surface area contributed by atoms with Gasteiger partial charge in [0.2, 0.25) is 5.91 Å². The van der Waals surface area contributed by atoms with Crippen LogP contribution in [0.1, 0.15) is 16.7 Å². The highest BCUT2D eigenvalue weighted by Crippen LogP contribution is 2.36. The van der Waals surface area contributed by atoms with Crippen molar-refractivity contribution >= 4 is 17.7 Å². The minimum absolute atomic E-state index is 0.0213. The third-order valence-corrected chi connectivity index (χ3v) is 5.13. The molecule has 1 heterocycles. The number of ether oxygens (including phenoxy) is 1. The fourth-order valence-electron chi connectivity index (χ4n) is 2.65. The Morgan fingerprint density at radius 2 is 1.91 bits per heavy atom. The molecule has 1 atom stereocenters. The summed E-state index contributed by atoms with van der Waals surface area (Å²) >= 11 is 1.66. The van der Waals surface area contributed by atoms with Crippen molar-refractivity contribution in [2.24, 2.45) is 0 Å². The molecule has 0 fully saturated rings. The minimum atomic E-state index is -0.0213. The van der Waals surface area contributed by atoms with Crippen molar-refractivity contribution in [3.63, 3.8) is 0 Å². The van der Waals surface area contributed by atoms with E-state index in [9.17, 15) is 4.79 Å². The van der Waals surface area contributed by atoms with E-state index in [1.54, 1.807) is 18.9 Å². The van der Waals surface area contributed by atoms with Gasteiger partial charge in [-0.25, -0.2) is 0 Å². The summed E-state index contributed by atoms with van der Waals surface area (Å²) in [5, 5.41) is 3.04. The van der Waals surface area contributed by atoms with Gasteiger partial charge in [0.05, 0.1) is 11.9 Å². The summed E-state index contributed by atoms with van der Waals surface area (Å²) in [5.74, 6) is 0.105. The molecule has 0 aliphatic carbocycles. The predicted molar refractivity (Wildman–Crippen MR) is 88.8 cm³/mol. The van der Waals surface area contributed by atoms with Crippen LogP contribution in [0.15, 0.2) is 53.4 Å². The molecule has 0 saturated carbocycles. The second-order valence-corrected chi connectivity index (χ2v) is 6.58. The van der Waals surface area contributed by atoms with Gasteiger partial charge in [0, 0.05) is 18.6 Å². The van der Waals surface area contributed by atoms with Crippen LogP contribution in [0.2, 0.25) is 0 Å². The smallest absolute Gasteiger partial charge is 0.234 e. The van der Waals surface area contributed by atoms with E-state index < -0.39 is 0 Å². The topological polar surface area (TPSA) is 38.3 Å². The van der Waals surface area contributed by atoms with Gasteiger partial charge in [-0.3, -0.25) is 4.79 Å². The third-order valence-electron chi connectivity index (χ3n) is 3.81. The van der Waals surface area contributed by atoms with Gasteiger partial charge in [0.15, 0.2) is 0 Å². The first-order valence-electron chi connectivity index (χ1n) is 7.36. The number of benzene rings is 2. The molecule has 0 aromatic heterocycles. The summed E-state index contributed by atoms with van der Waals surface area (Å²) in [4.78, 5) is 13.6. The van der Waals surface area contributed by atoms with Crippen LogP contribution in [0.25, 0.3) is 0 Å². The molecular weight excluding hydrogens is 294 g/mol. The average molecular weight is 313 g/mol. The number of fused-ring (bicyclic) bond motifs is 1. The monoisotopic (exact) mass is 313 g/mol. The number of amides is 1. The quantitative estimate of drug-likeness (QED) is 0.921. The van der Waals surface area contributed by atoms with E-state index in [0.717, 1.165) is 17.5 Å². The van der Waals surface area contributed by atoms with Gasteiger partial charge in [-0.1, -0.05) is 42.5 Å². The normalized spacial score (nSPS) is 16.3. The Kier molecular flexibility index (Phi) is 4.80. The predicted octanol–water partition coefficient (Wildman–Crippen LogP) is 3.17. The van der Waals surface area contributed by atoms with Crippen LogP contribution < -0.4 is 5.32 Å². The first-order valence-corrected chi connectivity index (χ1v) is 8.24. The highest BCUT2D eigenvalue weighted by atomic mass is 32.2. The van der Waals surface area contributed by atoms with Crippen LogP contribution in [0.3, 0.4) is 0 Å². The lowest BCUT2D eigenvalue weighted by Gasteiger charge is -2.12. The van der Waals surface area contributed by atoms with Crippen LogP contribution in [0, 0.1) is 0 Å². The van der Waals surface area contributed by atoms with Crippen molar-refractivity contribution in [1.29, 1.82) is 0 Å². The molecule has 0 bridgehead atoms. The lowest BCUT2D eigenvalue weighted by molar-refractivity contribution is -0.120. The van der Waals surface area contributed by atoms with Crippen LogP contribution >= 0.6 is 11.8 Å². The molecule has 22 heavy (non-hydrogen) atoms. The number of carbonyl (C=O) groups excluding carboxylic acids is 1. The SMILES string of the molecule is COCc1ccccc1CNC(=O)C1Cc2ccccc2S1. The van der Waals surface area contributed by atoms with Crippen molar-refractivity contribution in [2.45, 2.75) is 29.7 Å². The van der Waals surface area contributed by atoms with Crippen LogP contribution in [-0.4, -0.2) is 18.3 Å². The van der Waals surface area contributed by atoms with E-state index >= 15 is 0 Å². The molecule has 1 aliphatic rings. The maximum Gasteiger partial charge on any atom is 0.234 e. The Bertz CT molecular complexity index is 647. The molecule has 4 heteroatoms. The first-order chi connectivity index (χ1) is 10.8. The zero-order chi connectivity index (χ0) is 15.4. The second kappa shape index (κ2) is 6.99. The second-order valence-electron chi connectivity index (χ2n) is 5.34. The summed E-state index contributed by atoms with van der Waals surface area (Å²) in [5.41, 5.74) is 3.50. The van der Waals surface area contributed by atoms with Crippen molar-refractivity contribution in [2.75, 3.05) is 7.11 Å². The van der Waals surface area contributed by atoms with Gasteiger partial charge < -0.3 is 10.1 Å². The maximum atomic E-state index is 12.4. The lowest BCUT2D eigenvalue weighted by atomic mass is 10.1. The standard InChI is InChI=1S/C18H19NO2S/c1-21-12-15-8-3-2-7-14(15)11-19-18(20)17-10-13-6-4-5-9-16(13)22-17/h2-9,17H,10-12H2,1H3,(H,19,20). The zero-order valence-electron chi connectivity index (χ0n) is 12.5. The molecule has 2 aromatic carbocycles. The highest BCUT2D eigenvalue weighted by Gasteiger charge is 2.27.